The van der Waals surface area contributed by atoms with Gasteiger partial charge in [0.1, 0.15) is 0 Å². The Morgan fingerprint density at radius 3 is 2.63 bits per heavy atom. The molecule has 0 aliphatic heterocycles. The van der Waals surface area contributed by atoms with Crippen LogP contribution in [0.25, 0.3) is 6.08 Å². The fourth-order valence-electron chi connectivity index (χ4n) is 3.29. The average molecular weight is 406 g/mol. The SMILES string of the molecule is C[C@@H](OC(=O)CCNC(=O)/C=C/c1ccccc1)C(=O)Nc1ccc2c(c1)CCC2. The summed E-state index contributed by atoms with van der Waals surface area (Å²) in [5, 5.41) is 5.41. The van der Waals surface area contributed by atoms with Crippen molar-refractivity contribution in [3.63, 3.8) is 0 Å². The summed E-state index contributed by atoms with van der Waals surface area (Å²) in [5.41, 5.74) is 4.21. The van der Waals surface area contributed by atoms with E-state index < -0.39 is 12.1 Å². The molecule has 6 nitrogen and oxygen atoms in total. The summed E-state index contributed by atoms with van der Waals surface area (Å²) >= 11 is 0. The molecule has 2 aromatic rings. The minimum Gasteiger partial charge on any atom is -0.452 e. The van der Waals surface area contributed by atoms with E-state index in [1.165, 1.54) is 24.1 Å². The van der Waals surface area contributed by atoms with E-state index in [0.717, 1.165) is 24.8 Å². The van der Waals surface area contributed by atoms with Gasteiger partial charge in [-0.2, -0.15) is 0 Å². The number of rotatable bonds is 8. The molecule has 0 fully saturated rings. The van der Waals surface area contributed by atoms with E-state index in [1.807, 2.05) is 48.5 Å². The monoisotopic (exact) mass is 406 g/mol. The van der Waals surface area contributed by atoms with Crippen LogP contribution in [0.2, 0.25) is 0 Å². The lowest BCUT2D eigenvalue weighted by molar-refractivity contribution is -0.153. The van der Waals surface area contributed by atoms with Crippen molar-refractivity contribution in [2.75, 3.05) is 11.9 Å². The molecular weight excluding hydrogens is 380 g/mol. The van der Waals surface area contributed by atoms with Crippen LogP contribution in [-0.2, 0) is 32.0 Å². The van der Waals surface area contributed by atoms with Gasteiger partial charge in [0, 0.05) is 18.3 Å². The van der Waals surface area contributed by atoms with Gasteiger partial charge in [-0.05, 0) is 61.1 Å². The van der Waals surface area contributed by atoms with Crippen LogP contribution in [0.1, 0.15) is 36.5 Å². The highest BCUT2D eigenvalue weighted by atomic mass is 16.5. The number of hydrogen-bond acceptors (Lipinski definition) is 4. The predicted octanol–water partition coefficient (Wildman–Crippen LogP) is 3.27. The van der Waals surface area contributed by atoms with Gasteiger partial charge in [-0.3, -0.25) is 14.4 Å². The van der Waals surface area contributed by atoms with Crippen LogP contribution in [0.5, 0.6) is 0 Å². The Bertz CT molecular complexity index is 937. The quantitative estimate of drug-likeness (QED) is 0.521. The molecule has 0 spiro atoms. The molecular formula is C24H26N2O4. The lowest BCUT2D eigenvalue weighted by Gasteiger charge is -2.14. The lowest BCUT2D eigenvalue weighted by Crippen LogP contribution is -2.31. The molecule has 1 aliphatic carbocycles. The van der Waals surface area contributed by atoms with Crippen molar-refractivity contribution >= 4 is 29.5 Å². The standard InChI is InChI=1S/C24H26N2O4/c1-17(24(29)26-21-12-11-19-8-5-9-20(19)16-21)30-23(28)14-15-25-22(27)13-10-18-6-3-2-4-7-18/h2-4,6-7,10-13,16-17H,5,8-9,14-15H2,1H3,(H,25,27)(H,26,29)/b13-10+/t17-/m1/s1. The summed E-state index contributed by atoms with van der Waals surface area (Å²) in [7, 11) is 0. The van der Waals surface area contributed by atoms with Crippen molar-refractivity contribution in [3.05, 3.63) is 71.3 Å². The fraction of sp³-hybridized carbons (Fsp3) is 0.292. The zero-order valence-electron chi connectivity index (χ0n) is 17.0. The third kappa shape index (κ3) is 6.30. The normalized spacial score (nSPS) is 13.5. The number of benzene rings is 2. The van der Waals surface area contributed by atoms with Gasteiger partial charge in [0.05, 0.1) is 6.42 Å². The van der Waals surface area contributed by atoms with E-state index in [2.05, 4.69) is 10.6 Å². The second kappa shape index (κ2) is 10.4. The van der Waals surface area contributed by atoms with Gasteiger partial charge in [-0.25, -0.2) is 0 Å². The first-order valence-electron chi connectivity index (χ1n) is 10.1. The Kier molecular flexibility index (Phi) is 7.38. The van der Waals surface area contributed by atoms with Crippen molar-refractivity contribution < 1.29 is 19.1 Å². The van der Waals surface area contributed by atoms with Gasteiger partial charge in [0.25, 0.3) is 5.91 Å². The molecule has 2 N–H and O–H groups in total. The molecule has 0 saturated carbocycles. The van der Waals surface area contributed by atoms with Crippen LogP contribution in [0.4, 0.5) is 5.69 Å². The summed E-state index contributed by atoms with van der Waals surface area (Å²) in [4.78, 5) is 36.0. The van der Waals surface area contributed by atoms with Crippen molar-refractivity contribution in [2.45, 2.75) is 38.7 Å². The van der Waals surface area contributed by atoms with E-state index in [-0.39, 0.29) is 24.8 Å². The van der Waals surface area contributed by atoms with Crippen molar-refractivity contribution in [1.82, 2.24) is 5.32 Å². The lowest BCUT2D eigenvalue weighted by atomic mass is 10.1. The van der Waals surface area contributed by atoms with Gasteiger partial charge < -0.3 is 15.4 Å². The molecule has 0 bridgehead atoms. The smallest absolute Gasteiger partial charge is 0.308 e. The third-order valence-electron chi connectivity index (χ3n) is 4.90. The van der Waals surface area contributed by atoms with Gasteiger partial charge >= 0.3 is 5.97 Å². The minimum absolute atomic E-state index is 0.0125. The molecule has 156 valence electrons. The summed E-state index contributed by atoms with van der Waals surface area (Å²) in [5.74, 6) is -1.22. The fourth-order valence-corrected chi connectivity index (χ4v) is 3.29. The average Bonchev–Trinajstić information content (AvgIpc) is 3.21. The molecule has 30 heavy (non-hydrogen) atoms. The third-order valence-corrected chi connectivity index (χ3v) is 4.90. The van der Waals surface area contributed by atoms with Crippen LogP contribution in [0.3, 0.4) is 0 Å². The Balaban J connectivity index is 1.37. The van der Waals surface area contributed by atoms with Crippen LogP contribution in [-0.4, -0.2) is 30.4 Å². The van der Waals surface area contributed by atoms with Gasteiger partial charge in [-0.1, -0.05) is 36.4 Å². The van der Waals surface area contributed by atoms with Crippen LogP contribution in [0, 0.1) is 0 Å². The molecule has 2 amide bonds. The number of fused-ring (bicyclic) bond motifs is 1. The maximum Gasteiger partial charge on any atom is 0.308 e. The summed E-state index contributed by atoms with van der Waals surface area (Å²) in [6.45, 7) is 1.66. The topological polar surface area (TPSA) is 84.5 Å². The van der Waals surface area contributed by atoms with E-state index >= 15 is 0 Å². The minimum atomic E-state index is -0.917. The van der Waals surface area contributed by atoms with Crippen molar-refractivity contribution in [2.24, 2.45) is 0 Å². The van der Waals surface area contributed by atoms with E-state index in [0.29, 0.717) is 5.69 Å². The van der Waals surface area contributed by atoms with E-state index in [1.54, 1.807) is 6.08 Å². The van der Waals surface area contributed by atoms with Crippen LogP contribution >= 0.6 is 0 Å². The molecule has 6 heteroatoms. The number of esters is 1. The largest absolute Gasteiger partial charge is 0.452 e. The number of anilines is 1. The van der Waals surface area contributed by atoms with Gasteiger partial charge in [0.2, 0.25) is 5.91 Å². The Morgan fingerprint density at radius 2 is 1.83 bits per heavy atom. The van der Waals surface area contributed by atoms with Gasteiger partial charge in [-0.15, -0.1) is 0 Å². The molecule has 0 aromatic heterocycles. The molecule has 0 heterocycles. The number of ether oxygens (including phenoxy) is 1. The molecule has 1 aliphatic rings. The van der Waals surface area contributed by atoms with E-state index in [4.69, 9.17) is 4.74 Å². The van der Waals surface area contributed by atoms with Crippen LogP contribution < -0.4 is 10.6 Å². The highest BCUT2D eigenvalue weighted by Crippen LogP contribution is 2.25. The molecule has 2 aromatic carbocycles. The Hall–Kier alpha value is -3.41. The van der Waals surface area contributed by atoms with Crippen molar-refractivity contribution in [3.8, 4) is 0 Å². The second-order valence-corrected chi connectivity index (χ2v) is 7.24. The summed E-state index contributed by atoms with van der Waals surface area (Å²) in [6, 6.07) is 15.3. The molecule has 0 unspecified atom stereocenters. The first-order chi connectivity index (χ1) is 14.5. The Morgan fingerprint density at radius 1 is 1.07 bits per heavy atom. The van der Waals surface area contributed by atoms with E-state index in [9.17, 15) is 14.4 Å². The number of aryl methyl sites for hydroxylation is 2. The molecule has 3 rings (SSSR count). The number of carbonyl (C=O) groups is 3. The first-order valence-corrected chi connectivity index (χ1v) is 10.1. The van der Waals surface area contributed by atoms with Crippen LogP contribution in [0.15, 0.2) is 54.6 Å². The maximum absolute atomic E-state index is 12.3. The molecule has 1 atom stereocenters. The first kappa shape index (κ1) is 21.3. The zero-order valence-corrected chi connectivity index (χ0v) is 17.0. The summed E-state index contributed by atoms with van der Waals surface area (Å²) < 4.78 is 5.17. The maximum atomic E-state index is 12.3. The van der Waals surface area contributed by atoms with Crippen molar-refractivity contribution in [1.29, 1.82) is 0 Å². The number of amides is 2. The zero-order chi connectivity index (χ0) is 21.3. The van der Waals surface area contributed by atoms with Gasteiger partial charge in [0.15, 0.2) is 6.10 Å². The molecule has 0 saturated heterocycles. The Labute approximate surface area is 176 Å². The summed E-state index contributed by atoms with van der Waals surface area (Å²) in [6.07, 6.45) is 5.42. The predicted molar refractivity (Wildman–Crippen MR) is 116 cm³/mol. The highest BCUT2D eigenvalue weighted by molar-refractivity contribution is 5.95. The number of nitrogens with one attached hydrogen (secondary N) is 2. The number of hydrogen-bond donors (Lipinski definition) is 2. The second-order valence-electron chi connectivity index (χ2n) is 7.24. The number of carbonyl (C=O) groups excluding carboxylic acids is 3. The molecule has 0 radical (unpaired) electrons. The highest BCUT2D eigenvalue weighted by Gasteiger charge is 2.19.